The molecule has 0 unspecified atom stereocenters. The minimum atomic E-state index is 0.691. The zero-order valence-electron chi connectivity index (χ0n) is 11.4. The number of para-hydroxylation sites is 1. The Hall–Kier alpha value is -2.31. The lowest BCUT2D eigenvalue weighted by atomic mass is 10.1. The van der Waals surface area contributed by atoms with E-state index in [0.717, 1.165) is 36.4 Å². The molecule has 0 aliphatic carbocycles. The lowest BCUT2D eigenvalue weighted by Gasteiger charge is -2.08. The van der Waals surface area contributed by atoms with Crippen molar-refractivity contribution in [3.63, 3.8) is 0 Å². The van der Waals surface area contributed by atoms with Gasteiger partial charge >= 0.3 is 0 Å². The molecule has 0 fully saturated rings. The Morgan fingerprint density at radius 2 is 1.75 bits per heavy atom. The fourth-order valence-corrected chi connectivity index (χ4v) is 1.91. The highest BCUT2D eigenvalue weighted by atomic mass is 16.5. The molecule has 3 heteroatoms. The first kappa shape index (κ1) is 14.1. The van der Waals surface area contributed by atoms with E-state index in [1.807, 2.05) is 54.6 Å². The number of nitrogens with zero attached hydrogens (tertiary/aromatic N) is 1. The number of nitriles is 1. The number of hydrogen-bond donors (Lipinski definition) is 1. The average molecular weight is 266 g/mol. The van der Waals surface area contributed by atoms with Gasteiger partial charge in [0, 0.05) is 6.54 Å². The van der Waals surface area contributed by atoms with Crippen LogP contribution in [0.15, 0.2) is 54.6 Å². The van der Waals surface area contributed by atoms with Gasteiger partial charge in [0.25, 0.3) is 0 Å². The average Bonchev–Trinajstić information content (AvgIpc) is 2.52. The van der Waals surface area contributed by atoms with E-state index in [4.69, 9.17) is 10.00 Å². The van der Waals surface area contributed by atoms with Crippen LogP contribution in [-0.2, 0) is 6.54 Å². The molecule has 0 spiro atoms. The van der Waals surface area contributed by atoms with Gasteiger partial charge in [-0.1, -0.05) is 36.4 Å². The summed E-state index contributed by atoms with van der Waals surface area (Å²) < 4.78 is 5.61. The lowest BCUT2D eigenvalue weighted by Crippen LogP contribution is -2.17. The minimum Gasteiger partial charge on any atom is -0.494 e. The summed E-state index contributed by atoms with van der Waals surface area (Å²) in [5.41, 5.74) is 1.78. The van der Waals surface area contributed by atoms with Crippen molar-refractivity contribution in [3.8, 4) is 11.8 Å². The smallest absolute Gasteiger partial charge is 0.119 e. The second-order valence-electron chi connectivity index (χ2n) is 4.46. The number of hydrogen-bond acceptors (Lipinski definition) is 3. The van der Waals surface area contributed by atoms with Gasteiger partial charge < -0.3 is 10.1 Å². The van der Waals surface area contributed by atoms with Crippen molar-refractivity contribution in [2.24, 2.45) is 0 Å². The monoisotopic (exact) mass is 266 g/mol. The largest absolute Gasteiger partial charge is 0.494 e. The molecule has 20 heavy (non-hydrogen) atoms. The van der Waals surface area contributed by atoms with E-state index in [0.29, 0.717) is 6.61 Å². The van der Waals surface area contributed by atoms with E-state index in [-0.39, 0.29) is 0 Å². The van der Waals surface area contributed by atoms with Crippen LogP contribution in [0.1, 0.15) is 17.5 Å². The predicted molar refractivity (Wildman–Crippen MR) is 79.4 cm³/mol. The van der Waals surface area contributed by atoms with Crippen LogP contribution >= 0.6 is 0 Å². The van der Waals surface area contributed by atoms with Crippen LogP contribution in [0, 0.1) is 11.3 Å². The van der Waals surface area contributed by atoms with Crippen LogP contribution in [0.3, 0.4) is 0 Å². The summed E-state index contributed by atoms with van der Waals surface area (Å²) in [4.78, 5) is 0. The van der Waals surface area contributed by atoms with Crippen LogP contribution in [0.4, 0.5) is 0 Å². The van der Waals surface area contributed by atoms with E-state index >= 15 is 0 Å². The van der Waals surface area contributed by atoms with E-state index < -0.39 is 0 Å². The highest BCUT2D eigenvalue weighted by Gasteiger charge is 1.99. The van der Waals surface area contributed by atoms with E-state index in [2.05, 4.69) is 11.4 Å². The first-order valence-electron chi connectivity index (χ1n) is 6.77. The molecule has 2 aromatic rings. The number of ether oxygens (including phenoxy) is 1. The molecule has 0 radical (unpaired) electrons. The highest BCUT2D eigenvalue weighted by molar-refractivity contribution is 5.37. The number of rotatable bonds is 7. The van der Waals surface area contributed by atoms with Crippen molar-refractivity contribution in [1.82, 2.24) is 5.32 Å². The fourth-order valence-electron chi connectivity index (χ4n) is 1.91. The number of nitrogens with one attached hydrogen (secondary N) is 1. The topological polar surface area (TPSA) is 45.0 Å². The Morgan fingerprint density at radius 3 is 2.55 bits per heavy atom. The second-order valence-corrected chi connectivity index (χ2v) is 4.46. The Morgan fingerprint density at radius 1 is 1.00 bits per heavy atom. The van der Waals surface area contributed by atoms with Crippen molar-refractivity contribution in [1.29, 1.82) is 5.26 Å². The zero-order valence-corrected chi connectivity index (χ0v) is 11.4. The van der Waals surface area contributed by atoms with Gasteiger partial charge in [-0.15, -0.1) is 0 Å². The van der Waals surface area contributed by atoms with Gasteiger partial charge in [-0.25, -0.2) is 0 Å². The third kappa shape index (κ3) is 4.42. The standard InChI is InChI=1S/C17H18N2O/c18-13-15-7-4-5-8-16(15)14-19-11-6-12-20-17-9-2-1-3-10-17/h1-5,7-10,19H,6,11-12,14H2. The quantitative estimate of drug-likeness (QED) is 0.783. The van der Waals surface area contributed by atoms with Gasteiger partial charge in [0.1, 0.15) is 5.75 Å². The molecular formula is C17H18N2O. The Labute approximate surface area is 119 Å². The van der Waals surface area contributed by atoms with Crippen LogP contribution in [0.25, 0.3) is 0 Å². The third-order valence-electron chi connectivity index (χ3n) is 2.96. The molecule has 0 aromatic heterocycles. The van der Waals surface area contributed by atoms with Crippen LogP contribution in [0.2, 0.25) is 0 Å². The zero-order chi connectivity index (χ0) is 14.0. The van der Waals surface area contributed by atoms with Gasteiger partial charge in [-0.3, -0.25) is 0 Å². The lowest BCUT2D eigenvalue weighted by molar-refractivity contribution is 0.308. The van der Waals surface area contributed by atoms with E-state index in [9.17, 15) is 0 Å². The molecule has 0 saturated carbocycles. The van der Waals surface area contributed by atoms with Crippen molar-refractivity contribution in [2.45, 2.75) is 13.0 Å². The first-order valence-corrected chi connectivity index (χ1v) is 6.77. The molecule has 0 amide bonds. The van der Waals surface area contributed by atoms with Crippen LogP contribution < -0.4 is 10.1 Å². The molecule has 2 aromatic carbocycles. The SMILES string of the molecule is N#Cc1ccccc1CNCCCOc1ccccc1. The summed E-state index contributed by atoms with van der Waals surface area (Å²) in [7, 11) is 0. The Bertz CT molecular complexity index is 561. The van der Waals surface area contributed by atoms with Gasteiger partial charge in [-0.2, -0.15) is 5.26 Å². The highest BCUT2D eigenvalue weighted by Crippen LogP contribution is 2.08. The van der Waals surface area contributed by atoms with Crippen molar-refractivity contribution < 1.29 is 4.74 Å². The predicted octanol–water partition coefficient (Wildman–Crippen LogP) is 3.12. The summed E-state index contributed by atoms with van der Waals surface area (Å²) in [6.07, 6.45) is 0.934. The molecule has 0 heterocycles. The maximum absolute atomic E-state index is 8.99. The second kappa shape index (κ2) is 7.98. The molecule has 2 rings (SSSR count). The maximum atomic E-state index is 8.99. The normalized spacial score (nSPS) is 9.95. The van der Waals surface area contributed by atoms with Gasteiger partial charge in [0.05, 0.1) is 18.2 Å². The van der Waals surface area contributed by atoms with Crippen molar-refractivity contribution in [3.05, 3.63) is 65.7 Å². The van der Waals surface area contributed by atoms with Crippen LogP contribution in [-0.4, -0.2) is 13.2 Å². The van der Waals surface area contributed by atoms with Gasteiger partial charge in [-0.05, 0) is 36.7 Å². The molecule has 0 bridgehead atoms. The molecule has 0 aliphatic rings. The fraction of sp³-hybridized carbons (Fsp3) is 0.235. The summed E-state index contributed by atoms with van der Waals surface area (Å²) in [6.45, 7) is 2.28. The molecule has 0 atom stereocenters. The summed E-state index contributed by atoms with van der Waals surface area (Å²) in [5.74, 6) is 0.905. The molecule has 3 nitrogen and oxygen atoms in total. The molecule has 0 saturated heterocycles. The first-order chi connectivity index (χ1) is 9.90. The molecule has 1 N–H and O–H groups in total. The summed E-state index contributed by atoms with van der Waals surface area (Å²) in [5, 5.41) is 12.3. The van der Waals surface area contributed by atoms with E-state index in [1.165, 1.54) is 0 Å². The maximum Gasteiger partial charge on any atom is 0.119 e. The summed E-state index contributed by atoms with van der Waals surface area (Å²) in [6, 6.07) is 19.7. The molecule has 0 aliphatic heterocycles. The van der Waals surface area contributed by atoms with Gasteiger partial charge in [0.2, 0.25) is 0 Å². The van der Waals surface area contributed by atoms with Crippen molar-refractivity contribution >= 4 is 0 Å². The number of benzene rings is 2. The Kier molecular flexibility index (Phi) is 5.63. The molecule has 102 valence electrons. The molecular weight excluding hydrogens is 248 g/mol. The van der Waals surface area contributed by atoms with Crippen LogP contribution in [0.5, 0.6) is 5.75 Å². The van der Waals surface area contributed by atoms with E-state index in [1.54, 1.807) is 0 Å². The van der Waals surface area contributed by atoms with Crippen molar-refractivity contribution in [2.75, 3.05) is 13.2 Å². The Balaban J connectivity index is 1.64. The third-order valence-corrected chi connectivity index (χ3v) is 2.96. The minimum absolute atomic E-state index is 0.691. The van der Waals surface area contributed by atoms with Gasteiger partial charge in [0.15, 0.2) is 0 Å². The summed E-state index contributed by atoms with van der Waals surface area (Å²) >= 11 is 0.